The van der Waals surface area contributed by atoms with E-state index < -0.39 is 6.61 Å². The van der Waals surface area contributed by atoms with E-state index in [0.717, 1.165) is 32.7 Å². The number of para-hydroxylation sites is 1. The molecule has 1 fully saturated rings. The van der Waals surface area contributed by atoms with Crippen molar-refractivity contribution in [3.8, 4) is 11.5 Å². The van der Waals surface area contributed by atoms with Gasteiger partial charge in [0.15, 0.2) is 11.5 Å². The van der Waals surface area contributed by atoms with Crippen LogP contribution >= 0.6 is 0 Å². The van der Waals surface area contributed by atoms with Crippen LogP contribution < -0.4 is 19.7 Å². The molecule has 0 radical (unpaired) electrons. The lowest BCUT2D eigenvalue weighted by Crippen LogP contribution is -2.48. The Morgan fingerprint density at radius 3 is 2.45 bits per heavy atom. The first kappa shape index (κ1) is 20.9. The first-order chi connectivity index (χ1) is 14.1. The molecule has 0 aliphatic carbocycles. The number of nitrogens with zero attached hydrogens (tertiary/aromatic N) is 2. The van der Waals surface area contributed by atoms with Gasteiger partial charge >= 0.3 is 6.61 Å². The summed E-state index contributed by atoms with van der Waals surface area (Å²) in [5.41, 5.74) is 1.56. The number of ether oxygens (including phenoxy) is 2. The van der Waals surface area contributed by atoms with Gasteiger partial charge in [-0.15, -0.1) is 0 Å². The number of hydrogen-bond donors (Lipinski definition) is 1. The van der Waals surface area contributed by atoms with E-state index in [0.29, 0.717) is 12.1 Å². The Hall–Kier alpha value is -2.87. The number of anilines is 1. The Kier molecular flexibility index (Phi) is 7.24. The highest BCUT2D eigenvalue weighted by atomic mass is 19.3. The van der Waals surface area contributed by atoms with Crippen molar-refractivity contribution in [1.82, 2.24) is 10.2 Å². The molecule has 1 amide bonds. The summed E-state index contributed by atoms with van der Waals surface area (Å²) >= 11 is 0. The van der Waals surface area contributed by atoms with Crippen LogP contribution in [0.2, 0.25) is 0 Å². The van der Waals surface area contributed by atoms with Gasteiger partial charge in [-0.05, 0) is 30.3 Å². The van der Waals surface area contributed by atoms with E-state index in [1.54, 1.807) is 0 Å². The molecular weight excluding hydrogens is 380 g/mol. The van der Waals surface area contributed by atoms with Gasteiger partial charge in [0.05, 0.1) is 7.11 Å². The van der Waals surface area contributed by atoms with Crippen molar-refractivity contribution in [2.24, 2.45) is 0 Å². The number of benzene rings is 2. The molecule has 0 spiro atoms. The molecule has 1 heterocycles. The van der Waals surface area contributed by atoms with Crippen molar-refractivity contribution >= 4 is 11.6 Å². The Morgan fingerprint density at radius 2 is 1.79 bits per heavy atom. The van der Waals surface area contributed by atoms with Crippen LogP contribution in [0.5, 0.6) is 11.5 Å². The molecule has 156 valence electrons. The molecule has 0 atom stereocenters. The predicted molar refractivity (Wildman–Crippen MR) is 107 cm³/mol. The van der Waals surface area contributed by atoms with Crippen LogP contribution in [0.25, 0.3) is 0 Å². The third-order valence-corrected chi connectivity index (χ3v) is 4.85. The number of hydrogen-bond acceptors (Lipinski definition) is 5. The smallest absolute Gasteiger partial charge is 0.387 e. The van der Waals surface area contributed by atoms with Gasteiger partial charge in [0.25, 0.3) is 5.91 Å². The minimum Gasteiger partial charge on any atom is -0.493 e. The third-order valence-electron chi connectivity index (χ3n) is 4.85. The molecule has 0 saturated carbocycles. The maximum atomic E-state index is 12.4. The number of carbonyl (C=O) groups is 1. The second kappa shape index (κ2) is 10.1. The minimum atomic E-state index is -2.95. The lowest BCUT2D eigenvalue weighted by Gasteiger charge is -2.36. The number of rotatable bonds is 8. The van der Waals surface area contributed by atoms with Crippen LogP contribution in [-0.2, 0) is 0 Å². The molecule has 29 heavy (non-hydrogen) atoms. The highest BCUT2D eigenvalue weighted by molar-refractivity contribution is 5.94. The third kappa shape index (κ3) is 5.80. The molecule has 2 aromatic carbocycles. The number of halogens is 2. The van der Waals surface area contributed by atoms with Crippen molar-refractivity contribution in [2.45, 2.75) is 6.61 Å². The van der Waals surface area contributed by atoms with Crippen molar-refractivity contribution in [1.29, 1.82) is 0 Å². The number of nitrogens with one attached hydrogen (secondary N) is 1. The van der Waals surface area contributed by atoms with E-state index in [1.165, 1.54) is 31.0 Å². The fourth-order valence-electron chi connectivity index (χ4n) is 3.30. The van der Waals surface area contributed by atoms with Crippen LogP contribution in [0.15, 0.2) is 48.5 Å². The lowest BCUT2D eigenvalue weighted by molar-refractivity contribution is -0.0512. The van der Waals surface area contributed by atoms with Gasteiger partial charge in [0.1, 0.15) is 0 Å². The molecule has 0 unspecified atom stereocenters. The molecule has 1 saturated heterocycles. The fraction of sp³-hybridized carbons (Fsp3) is 0.381. The average Bonchev–Trinajstić information content (AvgIpc) is 2.74. The highest BCUT2D eigenvalue weighted by Gasteiger charge is 2.18. The number of amides is 1. The van der Waals surface area contributed by atoms with Gasteiger partial charge in [-0.1, -0.05) is 18.2 Å². The Labute approximate surface area is 169 Å². The quantitative estimate of drug-likeness (QED) is 0.732. The van der Waals surface area contributed by atoms with Gasteiger partial charge in [0, 0.05) is 50.5 Å². The molecule has 1 aliphatic rings. The second-order valence-electron chi connectivity index (χ2n) is 6.66. The van der Waals surface area contributed by atoms with Crippen LogP contribution in [0.4, 0.5) is 14.5 Å². The maximum Gasteiger partial charge on any atom is 0.387 e. The molecule has 2 aromatic rings. The van der Waals surface area contributed by atoms with E-state index in [9.17, 15) is 13.6 Å². The van der Waals surface area contributed by atoms with Gasteiger partial charge in [-0.3, -0.25) is 9.69 Å². The Morgan fingerprint density at radius 1 is 1.07 bits per heavy atom. The molecule has 0 aromatic heterocycles. The number of alkyl halides is 2. The summed E-state index contributed by atoms with van der Waals surface area (Å²) in [5, 5.41) is 2.86. The maximum absolute atomic E-state index is 12.4. The molecule has 8 heteroatoms. The van der Waals surface area contributed by atoms with E-state index in [4.69, 9.17) is 4.74 Å². The van der Waals surface area contributed by atoms with Crippen molar-refractivity contribution < 1.29 is 23.0 Å². The van der Waals surface area contributed by atoms with Crippen LogP contribution in [0, 0.1) is 0 Å². The predicted octanol–water partition coefficient (Wildman–Crippen LogP) is 2.85. The molecule has 1 N–H and O–H groups in total. The SMILES string of the molecule is COc1cc(C(=O)NCCN2CCN(c3ccccc3)CC2)ccc1OC(F)F. The summed E-state index contributed by atoms with van der Waals surface area (Å²) in [7, 11) is 1.34. The largest absolute Gasteiger partial charge is 0.493 e. The number of methoxy groups -OCH3 is 1. The summed E-state index contributed by atoms with van der Waals surface area (Å²) in [6.07, 6.45) is 0. The van der Waals surface area contributed by atoms with Crippen LogP contribution in [0.1, 0.15) is 10.4 Å². The summed E-state index contributed by atoms with van der Waals surface area (Å²) in [6, 6.07) is 14.5. The monoisotopic (exact) mass is 405 g/mol. The summed E-state index contributed by atoms with van der Waals surface area (Å²) in [5.74, 6) is -0.292. The van der Waals surface area contributed by atoms with E-state index in [-0.39, 0.29) is 17.4 Å². The Bertz CT molecular complexity index is 797. The van der Waals surface area contributed by atoms with E-state index in [1.807, 2.05) is 18.2 Å². The molecule has 1 aliphatic heterocycles. The van der Waals surface area contributed by atoms with Crippen molar-refractivity contribution in [3.63, 3.8) is 0 Å². The first-order valence-corrected chi connectivity index (χ1v) is 9.50. The van der Waals surface area contributed by atoms with E-state index in [2.05, 4.69) is 32.0 Å². The van der Waals surface area contributed by atoms with Crippen LogP contribution in [0.3, 0.4) is 0 Å². The van der Waals surface area contributed by atoms with E-state index >= 15 is 0 Å². The van der Waals surface area contributed by atoms with Crippen molar-refractivity contribution in [3.05, 3.63) is 54.1 Å². The van der Waals surface area contributed by atoms with Gasteiger partial charge < -0.3 is 19.7 Å². The standard InChI is InChI=1S/C21H25F2N3O3/c1-28-19-15-16(7-8-18(19)29-21(22)23)20(27)24-9-10-25-11-13-26(14-12-25)17-5-3-2-4-6-17/h2-8,15,21H,9-14H2,1H3,(H,24,27). The molecule has 0 bridgehead atoms. The normalized spacial score (nSPS) is 14.7. The highest BCUT2D eigenvalue weighted by Crippen LogP contribution is 2.29. The lowest BCUT2D eigenvalue weighted by atomic mass is 10.2. The zero-order valence-electron chi connectivity index (χ0n) is 16.3. The molecule has 6 nitrogen and oxygen atoms in total. The first-order valence-electron chi connectivity index (χ1n) is 9.50. The molecule has 3 rings (SSSR count). The fourth-order valence-corrected chi connectivity index (χ4v) is 3.30. The number of carbonyl (C=O) groups excluding carboxylic acids is 1. The number of piperazine rings is 1. The molecular formula is C21H25F2N3O3. The van der Waals surface area contributed by atoms with Gasteiger partial charge in [-0.25, -0.2) is 0 Å². The Balaban J connectivity index is 1.44. The summed E-state index contributed by atoms with van der Waals surface area (Å²) in [6.45, 7) is 2.05. The summed E-state index contributed by atoms with van der Waals surface area (Å²) < 4.78 is 34.2. The van der Waals surface area contributed by atoms with Crippen molar-refractivity contribution in [2.75, 3.05) is 51.3 Å². The average molecular weight is 405 g/mol. The van der Waals surface area contributed by atoms with Gasteiger partial charge in [-0.2, -0.15) is 8.78 Å². The zero-order valence-corrected chi connectivity index (χ0v) is 16.3. The van der Waals surface area contributed by atoms with Crippen LogP contribution in [-0.4, -0.2) is 63.8 Å². The van der Waals surface area contributed by atoms with Gasteiger partial charge in [0.2, 0.25) is 0 Å². The second-order valence-corrected chi connectivity index (χ2v) is 6.66. The zero-order chi connectivity index (χ0) is 20.6. The topological polar surface area (TPSA) is 54.0 Å². The summed E-state index contributed by atoms with van der Waals surface area (Å²) in [4.78, 5) is 17.0. The minimum absolute atomic E-state index is 0.0926.